The summed E-state index contributed by atoms with van der Waals surface area (Å²) < 4.78 is 12.7. The molecule has 0 atom stereocenters. The van der Waals surface area contributed by atoms with Crippen molar-refractivity contribution in [1.82, 2.24) is 14.8 Å². The zero-order valence-corrected chi connectivity index (χ0v) is 16.8. The SMILES string of the molecule is CCOc1ccc(NC(=O)CSc2nnc(C)n2-c2ccccc2OC)cc1. The monoisotopic (exact) mass is 398 g/mol. The zero-order chi connectivity index (χ0) is 19.9. The van der Waals surface area contributed by atoms with E-state index in [2.05, 4.69) is 15.5 Å². The van der Waals surface area contributed by atoms with Crippen LogP contribution in [-0.4, -0.2) is 40.1 Å². The molecule has 0 fully saturated rings. The topological polar surface area (TPSA) is 78.3 Å². The number of amides is 1. The molecule has 1 amide bonds. The number of benzene rings is 2. The number of hydrogen-bond donors (Lipinski definition) is 1. The van der Waals surface area contributed by atoms with Crippen LogP contribution < -0.4 is 14.8 Å². The van der Waals surface area contributed by atoms with Crippen LogP contribution in [-0.2, 0) is 4.79 Å². The lowest BCUT2D eigenvalue weighted by molar-refractivity contribution is -0.113. The first kappa shape index (κ1) is 19.8. The molecule has 3 rings (SSSR count). The van der Waals surface area contributed by atoms with Crippen molar-refractivity contribution < 1.29 is 14.3 Å². The summed E-state index contributed by atoms with van der Waals surface area (Å²) in [5, 5.41) is 11.9. The predicted molar refractivity (Wildman–Crippen MR) is 110 cm³/mol. The van der Waals surface area contributed by atoms with E-state index in [1.54, 1.807) is 7.11 Å². The molecule has 0 bridgehead atoms. The molecule has 28 heavy (non-hydrogen) atoms. The number of rotatable bonds is 8. The van der Waals surface area contributed by atoms with Gasteiger partial charge in [0.05, 0.1) is 25.2 Å². The number of methoxy groups -OCH3 is 1. The van der Waals surface area contributed by atoms with E-state index in [9.17, 15) is 4.79 Å². The second-order valence-corrected chi connectivity index (χ2v) is 6.77. The summed E-state index contributed by atoms with van der Waals surface area (Å²) in [5.74, 6) is 2.29. The Hall–Kier alpha value is -3.00. The zero-order valence-electron chi connectivity index (χ0n) is 16.0. The van der Waals surface area contributed by atoms with Crippen molar-refractivity contribution in [1.29, 1.82) is 0 Å². The Morgan fingerprint density at radius 2 is 1.89 bits per heavy atom. The molecule has 0 aliphatic rings. The Bertz CT molecular complexity index is 941. The van der Waals surface area contributed by atoms with Crippen molar-refractivity contribution in [2.45, 2.75) is 19.0 Å². The Labute approximate surface area is 168 Å². The van der Waals surface area contributed by atoms with Gasteiger partial charge in [0.2, 0.25) is 5.91 Å². The maximum Gasteiger partial charge on any atom is 0.234 e. The van der Waals surface area contributed by atoms with Gasteiger partial charge in [-0.2, -0.15) is 0 Å². The highest BCUT2D eigenvalue weighted by atomic mass is 32.2. The first-order valence-electron chi connectivity index (χ1n) is 8.83. The minimum absolute atomic E-state index is 0.124. The third kappa shape index (κ3) is 4.64. The number of anilines is 1. The molecule has 1 N–H and O–H groups in total. The molecular formula is C20H22N4O3S. The van der Waals surface area contributed by atoms with Crippen molar-refractivity contribution in [2.24, 2.45) is 0 Å². The van der Waals surface area contributed by atoms with E-state index in [1.807, 2.05) is 66.9 Å². The Morgan fingerprint density at radius 1 is 1.14 bits per heavy atom. The Balaban J connectivity index is 1.67. The molecule has 0 aliphatic carbocycles. The van der Waals surface area contributed by atoms with E-state index in [0.29, 0.717) is 17.5 Å². The first-order chi connectivity index (χ1) is 13.6. The van der Waals surface area contributed by atoms with Crippen LogP contribution in [0, 0.1) is 6.92 Å². The van der Waals surface area contributed by atoms with Gasteiger partial charge in [0.1, 0.15) is 17.3 Å². The number of nitrogens with zero attached hydrogens (tertiary/aromatic N) is 3. The lowest BCUT2D eigenvalue weighted by atomic mass is 10.3. The lowest BCUT2D eigenvalue weighted by Crippen LogP contribution is -2.14. The highest BCUT2D eigenvalue weighted by molar-refractivity contribution is 7.99. The molecule has 0 unspecified atom stereocenters. The van der Waals surface area contributed by atoms with Gasteiger partial charge in [-0.15, -0.1) is 10.2 Å². The van der Waals surface area contributed by atoms with E-state index in [-0.39, 0.29) is 11.7 Å². The second kappa shape index (κ2) is 9.27. The molecule has 7 nitrogen and oxygen atoms in total. The van der Waals surface area contributed by atoms with E-state index >= 15 is 0 Å². The number of aromatic nitrogens is 3. The van der Waals surface area contributed by atoms with Gasteiger partial charge in [-0.05, 0) is 50.2 Å². The number of nitrogens with one attached hydrogen (secondary N) is 1. The number of aryl methyl sites for hydroxylation is 1. The molecule has 0 radical (unpaired) electrons. The van der Waals surface area contributed by atoms with Crippen LogP contribution in [0.5, 0.6) is 11.5 Å². The van der Waals surface area contributed by atoms with Crippen molar-refractivity contribution in [2.75, 3.05) is 24.8 Å². The first-order valence-corrected chi connectivity index (χ1v) is 9.82. The third-order valence-corrected chi connectivity index (χ3v) is 4.83. The van der Waals surface area contributed by atoms with Gasteiger partial charge < -0.3 is 14.8 Å². The molecule has 0 aliphatic heterocycles. The molecule has 1 heterocycles. The third-order valence-electron chi connectivity index (χ3n) is 3.90. The maximum atomic E-state index is 12.3. The lowest BCUT2D eigenvalue weighted by Gasteiger charge is -2.12. The molecule has 3 aromatic rings. The van der Waals surface area contributed by atoms with Crippen LogP contribution in [0.25, 0.3) is 5.69 Å². The fraction of sp³-hybridized carbons (Fsp3) is 0.250. The average Bonchev–Trinajstić information content (AvgIpc) is 3.08. The maximum absolute atomic E-state index is 12.3. The summed E-state index contributed by atoms with van der Waals surface area (Å²) in [5.41, 5.74) is 1.55. The molecule has 1 aromatic heterocycles. The van der Waals surface area contributed by atoms with Gasteiger partial charge in [0.25, 0.3) is 0 Å². The highest BCUT2D eigenvalue weighted by Gasteiger charge is 2.16. The van der Waals surface area contributed by atoms with Crippen LogP contribution in [0.15, 0.2) is 53.7 Å². The number of carbonyl (C=O) groups excluding carboxylic acids is 1. The van der Waals surface area contributed by atoms with Crippen LogP contribution in [0.3, 0.4) is 0 Å². The predicted octanol–water partition coefficient (Wildman–Crippen LogP) is 3.71. The van der Waals surface area contributed by atoms with Crippen molar-refractivity contribution in [3.8, 4) is 17.2 Å². The molecule has 0 saturated heterocycles. The summed E-state index contributed by atoms with van der Waals surface area (Å²) in [4.78, 5) is 12.3. The fourth-order valence-corrected chi connectivity index (χ4v) is 3.45. The Morgan fingerprint density at radius 3 is 2.61 bits per heavy atom. The van der Waals surface area contributed by atoms with Crippen LogP contribution in [0.4, 0.5) is 5.69 Å². The number of para-hydroxylation sites is 2. The molecule has 146 valence electrons. The van der Waals surface area contributed by atoms with E-state index in [0.717, 1.165) is 22.9 Å². The molecule has 8 heteroatoms. The Kier molecular flexibility index (Phi) is 6.54. The number of hydrogen-bond acceptors (Lipinski definition) is 6. The van der Waals surface area contributed by atoms with Gasteiger partial charge in [-0.1, -0.05) is 23.9 Å². The smallest absolute Gasteiger partial charge is 0.234 e. The van der Waals surface area contributed by atoms with Crippen LogP contribution >= 0.6 is 11.8 Å². The van der Waals surface area contributed by atoms with Crippen molar-refractivity contribution in [3.05, 3.63) is 54.4 Å². The van der Waals surface area contributed by atoms with Crippen LogP contribution in [0.2, 0.25) is 0 Å². The molecule has 0 saturated carbocycles. The number of carbonyl (C=O) groups is 1. The highest BCUT2D eigenvalue weighted by Crippen LogP contribution is 2.28. The summed E-state index contributed by atoms with van der Waals surface area (Å²) in [6, 6.07) is 14.9. The van der Waals surface area contributed by atoms with E-state index in [1.165, 1.54) is 11.8 Å². The standard InChI is InChI=1S/C20H22N4O3S/c1-4-27-16-11-9-15(10-12-16)21-19(25)13-28-20-23-22-14(2)24(20)17-7-5-6-8-18(17)26-3/h5-12H,4,13H2,1-3H3,(H,21,25). The summed E-state index contributed by atoms with van der Waals surface area (Å²) in [6.45, 7) is 4.40. The number of thioether (sulfide) groups is 1. The average molecular weight is 398 g/mol. The minimum Gasteiger partial charge on any atom is -0.495 e. The fourth-order valence-electron chi connectivity index (χ4n) is 2.66. The van der Waals surface area contributed by atoms with Crippen molar-refractivity contribution in [3.63, 3.8) is 0 Å². The van der Waals surface area contributed by atoms with E-state index < -0.39 is 0 Å². The van der Waals surface area contributed by atoms with Gasteiger partial charge in [0.15, 0.2) is 5.16 Å². The normalized spacial score (nSPS) is 10.5. The summed E-state index contributed by atoms with van der Waals surface area (Å²) >= 11 is 1.32. The van der Waals surface area contributed by atoms with Gasteiger partial charge in [0, 0.05) is 5.69 Å². The summed E-state index contributed by atoms with van der Waals surface area (Å²) in [7, 11) is 1.62. The largest absolute Gasteiger partial charge is 0.495 e. The molecule has 0 spiro atoms. The van der Waals surface area contributed by atoms with Gasteiger partial charge in [-0.3, -0.25) is 9.36 Å². The van der Waals surface area contributed by atoms with Crippen LogP contribution in [0.1, 0.15) is 12.7 Å². The van der Waals surface area contributed by atoms with Gasteiger partial charge >= 0.3 is 0 Å². The van der Waals surface area contributed by atoms with Crippen molar-refractivity contribution >= 4 is 23.4 Å². The summed E-state index contributed by atoms with van der Waals surface area (Å²) in [6.07, 6.45) is 0. The quantitative estimate of drug-likeness (QED) is 0.583. The van der Waals surface area contributed by atoms with Gasteiger partial charge in [-0.25, -0.2) is 0 Å². The number of ether oxygens (including phenoxy) is 2. The minimum atomic E-state index is -0.124. The second-order valence-electron chi connectivity index (χ2n) is 5.83. The molecular weight excluding hydrogens is 376 g/mol. The molecule has 2 aromatic carbocycles. The van der Waals surface area contributed by atoms with E-state index in [4.69, 9.17) is 9.47 Å².